The largest absolute Gasteiger partial charge is 0.419 e. The molecule has 61 valence electrons. The van der Waals surface area contributed by atoms with Gasteiger partial charge in [-0.15, -0.1) is 0 Å². The van der Waals surface area contributed by atoms with Gasteiger partial charge in [-0.1, -0.05) is 6.92 Å². The summed E-state index contributed by atoms with van der Waals surface area (Å²) in [6.07, 6.45) is 3.28. The summed E-state index contributed by atoms with van der Waals surface area (Å²) < 4.78 is 10.5. The summed E-state index contributed by atoms with van der Waals surface area (Å²) in [5.41, 5.74) is 0. The van der Waals surface area contributed by atoms with Crippen LogP contribution < -0.4 is 0 Å². The summed E-state index contributed by atoms with van der Waals surface area (Å²) in [6, 6.07) is 0. The van der Waals surface area contributed by atoms with Gasteiger partial charge in [-0.05, 0) is 20.3 Å². The van der Waals surface area contributed by atoms with Crippen molar-refractivity contribution in [2.45, 2.75) is 33.3 Å². The van der Waals surface area contributed by atoms with Crippen LogP contribution in [0.4, 0.5) is 0 Å². The van der Waals surface area contributed by atoms with Crippen molar-refractivity contribution in [2.24, 2.45) is 0 Å². The molecule has 0 fully saturated rings. The lowest BCUT2D eigenvalue weighted by molar-refractivity contribution is 0.199. The van der Waals surface area contributed by atoms with E-state index < -0.39 is 9.76 Å². The zero-order valence-corrected chi connectivity index (χ0v) is 8.51. The van der Waals surface area contributed by atoms with Crippen LogP contribution in [-0.2, 0) is 9.16 Å². The minimum Gasteiger partial charge on any atom is -0.419 e. The second kappa shape index (κ2) is 7.25. The van der Waals surface area contributed by atoms with E-state index >= 15 is 0 Å². The first-order valence-electron chi connectivity index (χ1n) is 3.82. The third-order valence-electron chi connectivity index (χ3n) is 0.937. The first-order valence-corrected chi connectivity index (χ1v) is 5.21. The summed E-state index contributed by atoms with van der Waals surface area (Å²) in [7, 11) is -0.504. The average molecular weight is 161 g/mol. The second-order valence-electron chi connectivity index (χ2n) is 2.42. The van der Waals surface area contributed by atoms with E-state index in [1.54, 1.807) is 0 Å². The van der Waals surface area contributed by atoms with Crippen molar-refractivity contribution in [3.05, 3.63) is 6.23 Å². The Morgan fingerprint density at radius 2 is 2.20 bits per heavy atom. The summed E-state index contributed by atoms with van der Waals surface area (Å²) in [5.74, 6) is 0. The molecule has 10 heavy (non-hydrogen) atoms. The fraction of sp³-hybridized carbons (Fsp3) is 0.857. The lowest BCUT2D eigenvalue weighted by Gasteiger charge is -2.05. The van der Waals surface area contributed by atoms with E-state index in [4.69, 9.17) is 9.16 Å². The third-order valence-corrected chi connectivity index (χ3v) is 2.17. The molecule has 0 saturated heterocycles. The maximum atomic E-state index is 5.35. The highest BCUT2D eigenvalue weighted by atomic mass is 28.2. The van der Waals surface area contributed by atoms with Gasteiger partial charge in [0.25, 0.3) is 0 Å². The van der Waals surface area contributed by atoms with E-state index in [0.29, 0.717) is 6.10 Å². The quantitative estimate of drug-likeness (QED) is 0.428. The van der Waals surface area contributed by atoms with Crippen molar-refractivity contribution in [1.82, 2.24) is 0 Å². The summed E-state index contributed by atoms with van der Waals surface area (Å²) in [5, 5.41) is 0. The van der Waals surface area contributed by atoms with Crippen molar-refractivity contribution < 1.29 is 9.16 Å². The van der Waals surface area contributed by atoms with Crippen LogP contribution in [0.15, 0.2) is 0 Å². The van der Waals surface area contributed by atoms with Gasteiger partial charge in [0.05, 0.1) is 6.23 Å². The molecule has 0 aromatic heterocycles. The fourth-order valence-electron chi connectivity index (χ4n) is 0.481. The molecule has 0 bridgehead atoms. The molecule has 0 heterocycles. The van der Waals surface area contributed by atoms with Crippen LogP contribution in [0.5, 0.6) is 0 Å². The maximum Gasteiger partial charge on any atom is 0.193 e. The van der Waals surface area contributed by atoms with Gasteiger partial charge in [0.2, 0.25) is 0 Å². The normalized spacial score (nSPS) is 12.0. The van der Waals surface area contributed by atoms with E-state index in [2.05, 4.69) is 6.92 Å². The van der Waals surface area contributed by atoms with E-state index in [0.717, 1.165) is 13.0 Å². The van der Waals surface area contributed by atoms with Crippen LogP contribution in [0.1, 0.15) is 27.2 Å². The Balaban J connectivity index is 2.77. The Morgan fingerprint density at radius 1 is 1.50 bits per heavy atom. The van der Waals surface area contributed by atoms with Crippen LogP contribution in [0.3, 0.4) is 0 Å². The molecule has 0 unspecified atom stereocenters. The van der Waals surface area contributed by atoms with Crippen molar-refractivity contribution in [1.29, 1.82) is 0 Å². The highest BCUT2D eigenvalue weighted by molar-refractivity contribution is 6.31. The minimum absolute atomic E-state index is 0.355. The Bertz CT molecular complexity index is 66.6. The molecule has 0 aromatic carbocycles. The predicted molar refractivity (Wildman–Crippen MR) is 45.3 cm³/mol. The number of hydrogen-bond donors (Lipinski definition) is 0. The molecule has 0 amide bonds. The van der Waals surface area contributed by atoms with Crippen molar-refractivity contribution in [3.8, 4) is 0 Å². The van der Waals surface area contributed by atoms with E-state index in [-0.39, 0.29) is 0 Å². The molecule has 0 atom stereocenters. The monoisotopic (exact) mass is 161 g/mol. The highest BCUT2D eigenvalue weighted by Gasteiger charge is 1.93. The zero-order chi connectivity index (χ0) is 7.82. The second-order valence-corrected chi connectivity index (χ2v) is 3.42. The van der Waals surface area contributed by atoms with Crippen molar-refractivity contribution in [2.75, 3.05) is 6.61 Å². The van der Waals surface area contributed by atoms with Gasteiger partial charge in [-0.2, -0.15) is 0 Å². The molecule has 0 spiro atoms. The number of ether oxygens (including phenoxy) is 1. The first-order chi connectivity index (χ1) is 4.77. The molecule has 0 N–H and O–H groups in total. The highest BCUT2D eigenvalue weighted by Crippen LogP contribution is 1.88. The molecule has 3 heteroatoms. The van der Waals surface area contributed by atoms with Gasteiger partial charge in [-0.25, -0.2) is 0 Å². The molecule has 0 saturated carbocycles. The average Bonchev–Trinajstić information content (AvgIpc) is 1.87. The fourth-order valence-corrected chi connectivity index (χ4v) is 1.21. The van der Waals surface area contributed by atoms with Crippen molar-refractivity contribution >= 4 is 9.76 Å². The Morgan fingerprint density at radius 3 is 2.70 bits per heavy atom. The SMILES string of the molecule is CCCO[CH][SiH2]OC(C)C. The maximum absolute atomic E-state index is 5.35. The van der Waals surface area contributed by atoms with Gasteiger partial charge in [-0.3, -0.25) is 0 Å². The molecule has 0 aliphatic carbocycles. The molecule has 0 aromatic rings. The molecule has 0 aliphatic rings. The Hall–Kier alpha value is 0.137. The summed E-state index contributed by atoms with van der Waals surface area (Å²) >= 11 is 0. The van der Waals surface area contributed by atoms with Crippen LogP contribution >= 0.6 is 0 Å². The summed E-state index contributed by atoms with van der Waals surface area (Å²) in [6.45, 7) is 7.01. The van der Waals surface area contributed by atoms with E-state index in [9.17, 15) is 0 Å². The standard InChI is InChI=1S/C7H17O2Si/c1-4-5-8-6-10-9-7(2)3/h6-7H,4-5,10H2,1-3H3. The van der Waals surface area contributed by atoms with Crippen LogP contribution in [0.2, 0.25) is 0 Å². The lowest BCUT2D eigenvalue weighted by atomic mass is 10.5. The lowest BCUT2D eigenvalue weighted by Crippen LogP contribution is -2.09. The molecular weight excluding hydrogens is 144 g/mol. The Labute approximate surface area is 65.9 Å². The van der Waals surface area contributed by atoms with Gasteiger partial charge < -0.3 is 9.16 Å². The molecule has 0 rings (SSSR count). The van der Waals surface area contributed by atoms with Crippen molar-refractivity contribution in [3.63, 3.8) is 0 Å². The zero-order valence-electron chi connectivity index (χ0n) is 7.09. The summed E-state index contributed by atoms with van der Waals surface area (Å²) in [4.78, 5) is 0. The van der Waals surface area contributed by atoms with Gasteiger partial charge >= 0.3 is 0 Å². The van der Waals surface area contributed by atoms with Gasteiger partial charge in [0.15, 0.2) is 9.76 Å². The number of rotatable bonds is 6. The van der Waals surface area contributed by atoms with Gasteiger partial charge in [0.1, 0.15) is 0 Å². The molecule has 2 nitrogen and oxygen atoms in total. The third kappa shape index (κ3) is 8.14. The van der Waals surface area contributed by atoms with E-state index in [1.165, 1.54) is 0 Å². The molecular formula is C7H17O2Si. The number of hydrogen-bond acceptors (Lipinski definition) is 2. The smallest absolute Gasteiger partial charge is 0.193 e. The van der Waals surface area contributed by atoms with E-state index in [1.807, 2.05) is 20.1 Å². The topological polar surface area (TPSA) is 18.5 Å². The molecule has 0 aliphatic heterocycles. The van der Waals surface area contributed by atoms with Crippen LogP contribution in [0.25, 0.3) is 0 Å². The minimum atomic E-state index is -0.504. The van der Waals surface area contributed by atoms with Crippen LogP contribution in [0, 0.1) is 6.23 Å². The first kappa shape index (κ1) is 10.1. The molecule has 1 radical (unpaired) electrons. The predicted octanol–water partition coefficient (Wildman–Crippen LogP) is 1.04. The Kier molecular flexibility index (Phi) is 7.35. The van der Waals surface area contributed by atoms with Gasteiger partial charge in [0, 0.05) is 12.7 Å². The van der Waals surface area contributed by atoms with Crippen LogP contribution in [-0.4, -0.2) is 22.5 Å².